The van der Waals surface area contributed by atoms with E-state index in [0.29, 0.717) is 6.42 Å². The van der Waals surface area contributed by atoms with Gasteiger partial charge in [-0.25, -0.2) is 0 Å². The molecule has 10 heavy (non-hydrogen) atoms. The number of hydrogen-bond donors (Lipinski definition) is 1. The molecule has 0 heterocycles. The molecule has 0 radical (unpaired) electrons. The van der Waals surface area contributed by atoms with Gasteiger partial charge in [0.25, 0.3) is 0 Å². The van der Waals surface area contributed by atoms with Crippen LogP contribution in [0.2, 0.25) is 0 Å². The monoisotopic (exact) mass is 142 g/mol. The van der Waals surface area contributed by atoms with Crippen LogP contribution in [-0.4, -0.2) is 17.0 Å². The van der Waals surface area contributed by atoms with Gasteiger partial charge in [0.05, 0.1) is 6.10 Å². The molecule has 2 nitrogen and oxygen atoms in total. The Morgan fingerprint density at radius 2 is 2.30 bits per heavy atom. The predicted molar refractivity (Wildman–Crippen MR) is 40.7 cm³/mol. The second-order valence-electron chi connectivity index (χ2n) is 2.19. The third-order valence-corrected chi connectivity index (χ3v) is 1.25. The summed E-state index contributed by atoms with van der Waals surface area (Å²) in [7, 11) is 0. The van der Waals surface area contributed by atoms with E-state index in [2.05, 4.69) is 0 Å². The van der Waals surface area contributed by atoms with Crippen LogP contribution in [0.1, 0.15) is 26.7 Å². The fraction of sp³-hybridized carbons (Fsp3) is 0.625. The van der Waals surface area contributed by atoms with Crippen molar-refractivity contribution in [2.75, 3.05) is 0 Å². The van der Waals surface area contributed by atoms with E-state index in [-0.39, 0.29) is 12.2 Å². The summed E-state index contributed by atoms with van der Waals surface area (Å²) in [6, 6.07) is 0. The first-order chi connectivity index (χ1) is 4.70. The Morgan fingerprint density at radius 3 is 2.70 bits per heavy atom. The van der Waals surface area contributed by atoms with Crippen molar-refractivity contribution in [1.29, 1.82) is 0 Å². The molecule has 0 rings (SSSR count). The molecule has 0 aromatic heterocycles. The van der Waals surface area contributed by atoms with Gasteiger partial charge in [-0.1, -0.05) is 19.1 Å². The van der Waals surface area contributed by atoms with Crippen molar-refractivity contribution in [3.8, 4) is 0 Å². The quantitative estimate of drug-likeness (QED) is 0.600. The van der Waals surface area contributed by atoms with Crippen molar-refractivity contribution >= 4 is 5.78 Å². The van der Waals surface area contributed by atoms with Gasteiger partial charge in [-0.05, 0) is 6.92 Å². The van der Waals surface area contributed by atoms with Gasteiger partial charge in [-0.2, -0.15) is 0 Å². The fourth-order valence-corrected chi connectivity index (χ4v) is 0.668. The van der Waals surface area contributed by atoms with Crippen LogP contribution >= 0.6 is 0 Å². The molecule has 0 spiro atoms. The lowest BCUT2D eigenvalue weighted by Crippen LogP contribution is -2.09. The van der Waals surface area contributed by atoms with Crippen molar-refractivity contribution in [2.24, 2.45) is 0 Å². The average molecular weight is 142 g/mol. The summed E-state index contributed by atoms with van der Waals surface area (Å²) in [6.45, 7) is 3.62. The van der Waals surface area contributed by atoms with Gasteiger partial charge >= 0.3 is 0 Å². The van der Waals surface area contributed by atoms with Crippen LogP contribution in [0.5, 0.6) is 0 Å². The van der Waals surface area contributed by atoms with Gasteiger partial charge in [0.2, 0.25) is 0 Å². The minimum Gasteiger partial charge on any atom is -0.389 e. The molecule has 1 atom stereocenters. The van der Waals surface area contributed by atoms with Crippen LogP contribution in [-0.2, 0) is 4.79 Å². The molecule has 0 fully saturated rings. The molecule has 0 aliphatic rings. The third kappa shape index (κ3) is 4.27. The number of carbonyl (C=O) groups is 1. The van der Waals surface area contributed by atoms with Gasteiger partial charge in [0.15, 0.2) is 0 Å². The SMILES string of the molecule is CC=C[C@@H](O)CC(=O)CC. The van der Waals surface area contributed by atoms with Crippen LogP contribution in [0.15, 0.2) is 12.2 Å². The van der Waals surface area contributed by atoms with Gasteiger partial charge < -0.3 is 5.11 Å². The topological polar surface area (TPSA) is 37.3 Å². The Hall–Kier alpha value is -0.630. The molecule has 0 aromatic carbocycles. The first-order valence-corrected chi connectivity index (χ1v) is 3.53. The molecule has 58 valence electrons. The summed E-state index contributed by atoms with van der Waals surface area (Å²) < 4.78 is 0. The number of allylic oxidation sites excluding steroid dienone is 1. The van der Waals surface area contributed by atoms with Crippen LogP contribution in [0.25, 0.3) is 0 Å². The lowest BCUT2D eigenvalue weighted by atomic mass is 10.1. The maximum absolute atomic E-state index is 10.7. The highest BCUT2D eigenvalue weighted by Crippen LogP contribution is 1.97. The molecule has 2 heteroatoms. The van der Waals surface area contributed by atoms with E-state index in [0.717, 1.165) is 0 Å². The largest absolute Gasteiger partial charge is 0.389 e. The van der Waals surface area contributed by atoms with Gasteiger partial charge in [-0.15, -0.1) is 0 Å². The van der Waals surface area contributed by atoms with Crippen molar-refractivity contribution < 1.29 is 9.90 Å². The van der Waals surface area contributed by atoms with E-state index in [9.17, 15) is 4.79 Å². The lowest BCUT2D eigenvalue weighted by Gasteiger charge is -2.00. The molecule has 0 saturated heterocycles. The highest BCUT2D eigenvalue weighted by atomic mass is 16.3. The Balaban J connectivity index is 3.57. The number of carbonyl (C=O) groups excluding carboxylic acids is 1. The van der Waals surface area contributed by atoms with Crippen LogP contribution < -0.4 is 0 Å². The summed E-state index contributed by atoms with van der Waals surface area (Å²) >= 11 is 0. The first kappa shape index (κ1) is 9.37. The molecule has 0 bridgehead atoms. The maximum Gasteiger partial charge on any atom is 0.135 e. The Bertz CT molecular complexity index is 127. The number of hydrogen-bond acceptors (Lipinski definition) is 2. The fourth-order valence-electron chi connectivity index (χ4n) is 0.668. The van der Waals surface area contributed by atoms with E-state index in [1.165, 1.54) is 0 Å². The highest BCUT2D eigenvalue weighted by Gasteiger charge is 2.03. The van der Waals surface area contributed by atoms with Crippen molar-refractivity contribution in [2.45, 2.75) is 32.8 Å². The zero-order valence-corrected chi connectivity index (χ0v) is 6.50. The first-order valence-electron chi connectivity index (χ1n) is 3.53. The number of ketones is 1. The van der Waals surface area contributed by atoms with E-state index in [1.54, 1.807) is 19.1 Å². The van der Waals surface area contributed by atoms with E-state index in [4.69, 9.17) is 5.11 Å². The Kier molecular flexibility index (Phi) is 4.85. The maximum atomic E-state index is 10.7. The van der Waals surface area contributed by atoms with E-state index in [1.807, 2.05) is 6.92 Å². The smallest absolute Gasteiger partial charge is 0.135 e. The van der Waals surface area contributed by atoms with E-state index >= 15 is 0 Å². The van der Waals surface area contributed by atoms with Crippen molar-refractivity contribution in [3.05, 3.63) is 12.2 Å². The Morgan fingerprint density at radius 1 is 1.70 bits per heavy atom. The summed E-state index contributed by atoms with van der Waals surface area (Å²) in [5, 5.41) is 9.04. The second-order valence-corrected chi connectivity index (χ2v) is 2.19. The Labute approximate surface area is 61.6 Å². The van der Waals surface area contributed by atoms with Gasteiger partial charge in [-0.3, -0.25) is 4.79 Å². The van der Waals surface area contributed by atoms with Crippen LogP contribution in [0.4, 0.5) is 0 Å². The zero-order chi connectivity index (χ0) is 7.98. The molecule has 0 aliphatic carbocycles. The number of aliphatic hydroxyl groups is 1. The predicted octanol–water partition coefficient (Wildman–Crippen LogP) is 1.29. The van der Waals surface area contributed by atoms with Crippen molar-refractivity contribution in [3.63, 3.8) is 0 Å². The van der Waals surface area contributed by atoms with Gasteiger partial charge in [0.1, 0.15) is 5.78 Å². The third-order valence-electron chi connectivity index (χ3n) is 1.25. The number of Topliss-reactive ketones (excluding diaryl/α,β-unsaturated/α-hetero) is 1. The average Bonchev–Trinajstić information content (AvgIpc) is 1.88. The molecule has 1 N–H and O–H groups in total. The molecule has 0 unspecified atom stereocenters. The second kappa shape index (κ2) is 5.18. The highest BCUT2D eigenvalue weighted by molar-refractivity contribution is 5.78. The van der Waals surface area contributed by atoms with Crippen molar-refractivity contribution in [1.82, 2.24) is 0 Å². The molecule has 0 amide bonds. The molecule has 0 saturated carbocycles. The van der Waals surface area contributed by atoms with Gasteiger partial charge in [0, 0.05) is 12.8 Å². The number of rotatable bonds is 4. The van der Waals surface area contributed by atoms with E-state index < -0.39 is 6.10 Å². The standard InChI is InChI=1S/C8H14O2/c1-3-5-8(10)6-7(9)4-2/h3,5,8,10H,4,6H2,1-2H3/t8-/m1/s1. The molecule has 0 aromatic rings. The van der Waals surface area contributed by atoms with Crippen LogP contribution in [0, 0.1) is 0 Å². The molecule has 0 aliphatic heterocycles. The summed E-state index contributed by atoms with van der Waals surface area (Å²) in [5.74, 6) is 0.102. The molecular weight excluding hydrogens is 128 g/mol. The molecular formula is C8H14O2. The minimum absolute atomic E-state index is 0.102. The summed E-state index contributed by atoms with van der Waals surface area (Å²) in [6.07, 6.45) is 3.54. The van der Waals surface area contributed by atoms with Crippen LogP contribution in [0.3, 0.4) is 0 Å². The minimum atomic E-state index is -0.586. The number of aliphatic hydroxyl groups excluding tert-OH is 1. The summed E-state index contributed by atoms with van der Waals surface area (Å²) in [5.41, 5.74) is 0. The summed E-state index contributed by atoms with van der Waals surface area (Å²) in [4.78, 5) is 10.7. The normalized spacial score (nSPS) is 13.9. The zero-order valence-electron chi connectivity index (χ0n) is 6.50. The lowest BCUT2D eigenvalue weighted by molar-refractivity contribution is -0.120.